The van der Waals surface area contributed by atoms with Crippen LogP contribution < -0.4 is 0 Å². The molecule has 1 saturated heterocycles. The lowest BCUT2D eigenvalue weighted by Gasteiger charge is -2.32. The van der Waals surface area contributed by atoms with Crippen LogP contribution in [0.1, 0.15) is 29.3 Å². The fraction of sp³-hybridized carbons (Fsp3) is 0.562. The first-order valence-electron chi connectivity index (χ1n) is 8.03. The van der Waals surface area contributed by atoms with E-state index in [1.54, 1.807) is 11.9 Å². The van der Waals surface area contributed by atoms with E-state index in [1.165, 1.54) is 0 Å². The Morgan fingerprint density at radius 3 is 2.96 bits per heavy atom. The maximum atomic E-state index is 12.4. The Morgan fingerprint density at radius 2 is 2.29 bits per heavy atom. The zero-order valence-corrected chi connectivity index (χ0v) is 14.3. The Kier molecular flexibility index (Phi) is 4.96. The molecule has 0 bridgehead atoms. The van der Waals surface area contributed by atoms with Gasteiger partial charge in [0.25, 0.3) is 0 Å². The molecule has 3 heterocycles. The highest BCUT2D eigenvalue weighted by Crippen LogP contribution is 2.19. The van der Waals surface area contributed by atoms with Crippen molar-refractivity contribution in [2.75, 3.05) is 33.3 Å². The molecule has 1 N–H and O–H groups in total. The summed E-state index contributed by atoms with van der Waals surface area (Å²) in [5, 5.41) is 6.97. The van der Waals surface area contributed by atoms with E-state index in [-0.39, 0.29) is 12.0 Å². The third kappa shape index (κ3) is 4.01. The number of hydrogen-bond acceptors (Lipinski definition) is 6. The molecule has 0 aliphatic carbocycles. The predicted octanol–water partition coefficient (Wildman–Crippen LogP) is 1.05. The lowest BCUT2D eigenvalue weighted by Crippen LogP contribution is -2.44. The van der Waals surface area contributed by atoms with Crippen molar-refractivity contribution in [1.29, 1.82) is 0 Å². The van der Waals surface area contributed by atoms with Crippen LogP contribution >= 0.6 is 0 Å². The Balaban J connectivity index is 1.53. The van der Waals surface area contributed by atoms with Crippen molar-refractivity contribution >= 4 is 5.91 Å². The third-order valence-electron chi connectivity index (χ3n) is 4.03. The van der Waals surface area contributed by atoms with E-state index in [0.29, 0.717) is 32.1 Å². The highest BCUT2D eigenvalue weighted by atomic mass is 16.5. The van der Waals surface area contributed by atoms with Crippen LogP contribution in [0.4, 0.5) is 0 Å². The molecule has 2 aromatic rings. The topological polar surface area (TPSA) is 87.5 Å². The minimum atomic E-state index is -0.200. The van der Waals surface area contributed by atoms with Crippen LogP contribution in [0.2, 0.25) is 0 Å². The number of carbonyl (C=O) groups is 1. The van der Waals surface area contributed by atoms with Crippen molar-refractivity contribution in [3.05, 3.63) is 35.3 Å². The second-order valence-electron chi connectivity index (χ2n) is 6.14. The maximum absolute atomic E-state index is 12.4. The fourth-order valence-electron chi connectivity index (χ4n) is 2.71. The normalized spacial score (nSPS) is 18.7. The summed E-state index contributed by atoms with van der Waals surface area (Å²) in [4.78, 5) is 20.5. The van der Waals surface area contributed by atoms with Gasteiger partial charge in [0, 0.05) is 20.1 Å². The molecule has 0 saturated carbocycles. The van der Waals surface area contributed by atoms with Gasteiger partial charge in [-0.25, -0.2) is 4.98 Å². The number of aromatic nitrogens is 3. The fourth-order valence-corrected chi connectivity index (χ4v) is 2.71. The van der Waals surface area contributed by atoms with Crippen LogP contribution in [0.15, 0.2) is 16.5 Å². The van der Waals surface area contributed by atoms with Gasteiger partial charge in [0.2, 0.25) is 5.91 Å². The number of hydrogen-bond donors (Lipinski definition) is 1. The molecule has 1 amide bonds. The molecule has 2 aromatic heterocycles. The van der Waals surface area contributed by atoms with Gasteiger partial charge in [0.1, 0.15) is 23.4 Å². The van der Waals surface area contributed by atoms with E-state index in [4.69, 9.17) is 9.15 Å². The first-order chi connectivity index (χ1) is 11.5. The Bertz CT molecular complexity index is 695. The van der Waals surface area contributed by atoms with E-state index >= 15 is 0 Å². The van der Waals surface area contributed by atoms with Crippen LogP contribution in [0.25, 0.3) is 0 Å². The van der Waals surface area contributed by atoms with Crippen molar-refractivity contribution in [2.24, 2.45) is 0 Å². The Labute approximate surface area is 140 Å². The van der Waals surface area contributed by atoms with Crippen LogP contribution in [-0.4, -0.2) is 64.2 Å². The summed E-state index contributed by atoms with van der Waals surface area (Å²) >= 11 is 0. The van der Waals surface area contributed by atoms with E-state index in [2.05, 4.69) is 20.1 Å². The van der Waals surface area contributed by atoms with Gasteiger partial charge in [-0.15, -0.1) is 0 Å². The molecule has 1 aliphatic rings. The number of furan rings is 1. The van der Waals surface area contributed by atoms with Crippen molar-refractivity contribution in [2.45, 2.75) is 26.5 Å². The van der Waals surface area contributed by atoms with Gasteiger partial charge in [-0.1, -0.05) is 0 Å². The number of carbonyl (C=O) groups excluding carboxylic acids is 1. The van der Waals surface area contributed by atoms with Gasteiger partial charge < -0.3 is 14.1 Å². The van der Waals surface area contributed by atoms with Crippen molar-refractivity contribution in [3.8, 4) is 0 Å². The highest BCUT2D eigenvalue weighted by Gasteiger charge is 2.27. The molecule has 3 rings (SSSR count). The summed E-state index contributed by atoms with van der Waals surface area (Å²) in [6.45, 7) is 6.46. The summed E-state index contributed by atoms with van der Waals surface area (Å²) < 4.78 is 11.2. The molecule has 1 aliphatic heterocycles. The maximum Gasteiger partial charge on any atom is 0.236 e. The molecule has 0 aromatic carbocycles. The third-order valence-corrected chi connectivity index (χ3v) is 4.03. The summed E-state index contributed by atoms with van der Waals surface area (Å²) in [6, 6.07) is 3.80. The molecule has 1 fully saturated rings. The second-order valence-corrected chi connectivity index (χ2v) is 6.14. The van der Waals surface area contributed by atoms with E-state index in [0.717, 1.165) is 23.9 Å². The average Bonchev–Trinajstić information content (AvgIpc) is 3.16. The minimum absolute atomic E-state index is 0.0517. The van der Waals surface area contributed by atoms with E-state index < -0.39 is 0 Å². The van der Waals surface area contributed by atoms with E-state index in [9.17, 15) is 4.79 Å². The largest absolute Gasteiger partial charge is 0.464 e. The summed E-state index contributed by atoms with van der Waals surface area (Å²) in [7, 11) is 1.79. The van der Waals surface area contributed by atoms with E-state index in [1.807, 2.05) is 26.0 Å². The minimum Gasteiger partial charge on any atom is -0.464 e. The number of rotatable bonds is 5. The number of aryl methyl sites for hydroxylation is 2. The Hall–Kier alpha value is -2.19. The van der Waals surface area contributed by atoms with Gasteiger partial charge in [0.05, 0.1) is 19.7 Å². The number of aromatic amines is 1. The lowest BCUT2D eigenvalue weighted by molar-refractivity contribution is -0.134. The van der Waals surface area contributed by atoms with Gasteiger partial charge in [-0.05, 0) is 26.0 Å². The molecule has 24 heavy (non-hydrogen) atoms. The van der Waals surface area contributed by atoms with Crippen LogP contribution in [0, 0.1) is 13.8 Å². The number of H-pyrrole nitrogens is 1. The zero-order valence-electron chi connectivity index (χ0n) is 14.3. The quantitative estimate of drug-likeness (QED) is 0.880. The number of nitrogens with zero attached hydrogens (tertiary/aromatic N) is 4. The number of nitrogens with one attached hydrogen (secondary N) is 1. The molecular formula is C16H23N5O3. The number of morpholine rings is 1. The van der Waals surface area contributed by atoms with Crippen molar-refractivity contribution < 1.29 is 13.9 Å². The van der Waals surface area contributed by atoms with Crippen LogP contribution in [0.5, 0.6) is 0 Å². The van der Waals surface area contributed by atoms with Crippen molar-refractivity contribution in [3.63, 3.8) is 0 Å². The average molecular weight is 333 g/mol. The van der Waals surface area contributed by atoms with Gasteiger partial charge in [0.15, 0.2) is 5.82 Å². The molecule has 0 unspecified atom stereocenters. The molecule has 0 spiro atoms. The Morgan fingerprint density at radius 1 is 1.46 bits per heavy atom. The molecule has 0 radical (unpaired) electrons. The van der Waals surface area contributed by atoms with Crippen LogP contribution in [-0.2, 0) is 16.1 Å². The zero-order chi connectivity index (χ0) is 17.1. The number of amides is 1. The molecule has 8 heteroatoms. The number of ether oxygens (including phenoxy) is 1. The monoisotopic (exact) mass is 333 g/mol. The predicted molar refractivity (Wildman–Crippen MR) is 86.2 cm³/mol. The van der Waals surface area contributed by atoms with Gasteiger partial charge in [-0.2, -0.15) is 5.10 Å². The van der Waals surface area contributed by atoms with Gasteiger partial charge in [-0.3, -0.25) is 14.8 Å². The SMILES string of the molecule is Cc1nc([C@@H]2CN(CC(=O)N(C)Cc3ccc(C)o3)CCO2)n[nH]1. The van der Waals surface area contributed by atoms with Crippen LogP contribution in [0.3, 0.4) is 0 Å². The first kappa shape index (κ1) is 16.7. The first-order valence-corrected chi connectivity index (χ1v) is 8.03. The number of likely N-dealkylation sites (N-methyl/N-ethyl adjacent to an activating group) is 1. The van der Waals surface area contributed by atoms with Gasteiger partial charge >= 0.3 is 0 Å². The summed E-state index contributed by atoms with van der Waals surface area (Å²) in [6.07, 6.45) is -0.200. The highest BCUT2D eigenvalue weighted by molar-refractivity contribution is 5.77. The summed E-state index contributed by atoms with van der Waals surface area (Å²) in [5.74, 6) is 3.10. The van der Waals surface area contributed by atoms with Crippen molar-refractivity contribution in [1.82, 2.24) is 25.0 Å². The smallest absolute Gasteiger partial charge is 0.236 e. The second kappa shape index (κ2) is 7.14. The molecule has 130 valence electrons. The lowest BCUT2D eigenvalue weighted by atomic mass is 10.2. The summed E-state index contributed by atoms with van der Waals surface area (Å²) in [5.41, 5.74) is 0. The molecule has 8 nitrogen and oxygen atoms in total. The molecule has 1 atom stereocenters. The molecular weight excluding hydrogens is 310 g/mol. The standard InChI is InChI=1S/C16H23N5O3/c1-11-4-5-13(24-11)8-20(3)15(22)10-21-6-7-23-14(9-21)16-17-12(2)18-19-16/h4-5,14H,6-10H2,1-3H3,(H,17,18,19)/t14-/m0/s1.